The molecule has 4 nitrogen and oxygen atoms in total. The van der Waals surface area contributed by atoms with E-state index in [0.29, 0.717) is 17.8 Å². The molecule has 0 saturated heterocycles. The van der Waals surface area contributed by atoms with E-state index >= 15 is 0 Å². The van der Waals surface area contributed by atoms with E-state index in [9.17, 15) is 4.79 Å². The van der Waals surface area contributed by atoms with E-state index in [2.05, 4.69) is 10.2 Å². The normalized spacial score (nSPS) is 10.9. The van der Waals surface area contributed by atoms with Crippen molar-refractivity contribution in [3.8, 4) is 11.3 Å². The van der Waals surface area contributed by atoms with Crippen LogP contribution in [-0.4, -0.2) is 16.5 Å². The molecule has 1 aromatic carbocycles. The van der Waals surface area contributed by atoms with Gasteiger partial charge in [0.05, 0.1) is 11.7 Å². The summed E-state index contributed by atoms with van der Waals surface area (Å²) in [6.07, 6.45) is 2.47. The molecule has 0 spiro atoms. The summed E-state index contributed by atoms with van der Waals surface area (Å²) < 4.78 is 5.47. The molecular formula is C13H10N2O2. The molecule has 0 bridgehead atoms. The number of rotatable bonds is 2. The van der Waals surface area contributed by atoms with Gasteiger partial charge in [0.1, 0.15) is 5.76 Å². The van der Waals surface area contributed by atoms with Gasteiger partial charge in [0.2, 0.25) is 0 Å². The van der Waals surface area contributed by atoms with Crippen molar-refractivity contribution in [1.29, 1.82) is 0 Å². The second-order valence-electron chi connectivity index (χ2n) is 3.91. The van der Waals surface area contributed by atoms with Crippen LogP contribution in [-0.2, 0) is 0 Å². The van der Waals surface area contributed by atoms with Crippen molar-refractivity contribution in [3.05, 3.63) is 41.8 Å². The lowest BCUT2D eigenvalue weighted by molar-refractivity contribution is 0.110. The number of benzene rings is 1. The number of fused-ring (bicyclic) bond motifs is 1. The molecule has 0 amide bonds. The molecule has 0 aliphatic rings. The maximum atomic E-state index is 10.6. The zero-order chi connectivity index (χ0) is 11.8. The standard InChI is InChI=1S/C13H10N2O2/c1-8-2-4-11-10(6-14-15-11)13(8)12-5-3-9(7-16)17-12/h2-7H,1H3,(H,14,15). The fourth-order valence-corrected chi connectivity index (χ4v) is 2.00. The van der Waals surface area contributed by atoms with Crippen LogP contribution >= 0.6 is 0 Å². The third-order valence-electron chi connectivity index (χ3n) is 2.82. The van der Waals surface area contributed by atoms with E-state index in [1.165, 1.54) is 0 Å². The topological polar surface area (TPSA) is 58.9 Å². The van der Waals surface area contributed by atoms with Crippen molar-refractivity contribution in [2.24, 2.45) is 0 Å². The molecule has 2 heterocycles. The van der Waals surface area contributed by atoms with Crippen LogP contribution in [0.5, 0.6) is 0 Å². The number of aromatic amines is 1. The summed E-state index contributed by atoms with van der Waals surface area (Å²) >= 11 is 0. The van der Waals surface area contributed by atoms with Crippen LogP contribution in [0, 0.1) is 6.92 Å². The molecule has 0 atom stereocenters. The number of aromatic nitrogens is 2. The largest absolute Gasteiger partial charge is 0.453 e. The molecule has 0 aliphatic heterocycles. The number of H-pyrrole nitrogens is 1. The van der Waals surface area contributed by atoms with Gasteiger partial charge >= 0.3 is 0 Å². The number of nitrogens with zero attached hydrogens (tertiary/aromatic N) is 1. The van der Waals surface area contributed by atoms with Crippen molar-refractivity contribution in [2.45, 2.75) is 6.92 Å². The fraction of sp³-hybridized carbons (Fsp3) is 0.0769. The minimum atomic E-state index is 0.333. The number of nitrogens with one attached hydrogen (secondary N) is 1. The molecule has 1 N–H and O–H groups in total. The summed E-state index contributed by atoms with van der Waals surface area (Å²) in [6, 6.07) is 7.45. The number of aldehydes is 1. The van der Waals surface area contributed by atoms with Gasteiger partial charge in [0, 0.05) is 10.9 Å². The molecule has 0 radical (unpaired) electrons. The van der Waals surface area contributed by atoms with Gasteiger partial charge in [-0.1, -0.05) is 6.07 Å². The summed E-state index contributed by atoms with van der Waals surface area (Å²) in [4.78, 5) is 10.6. The minimum Gasteiger partial charge on any atom is -0.453 e. The van der Waals surface area contributed by atoms with E-state index in [1.54, 1.807) is 18.3 Å². The van der Waals surface area contributed by atoms with E-state index in [4.69, 9.17) is 4.42 Å². The Morgan fingerprint density at radius 1 is 1.29 bits per heavy atom. The van der Waals surface area contributed by atoms with Crippen molar-refractivity contribution in [3.63, 3.8) is 0 Å². The van der Waals surface area contributed by atoms with Gasteiger partial charge in [-0.15, -0.1) is 0 Å². The van der Waals surface area contributed by atoms with E-state index in [-0.39, 0.29) is 0 Å². The predicted octanol–water partition coefficient (Wildman–Crippen LogP) is 2.94. The number of hydrogen-bond donors (Lipinski definition) is 1. The van der Waals surface area contributed by atoms with Crippen LogP contribution in [0.4, 0.5) is 0 Å². The zero-order valence-corrected chi connectivity index (χ0v) is 9.23. The first-order valence-corrected chi connectivity index (χ1v) is 5.27. The van der Waals surface area contributed by atoms with Crippen LogP contribution in [0.1, 0.15) is 16.1 Å². The first kappa shape index (κ1) is 9.84. The Morgan fingerprint density at radius 3 is 2.94 bits per heavy atom. The Balaban J connectivity index is 2.31. The SMILES string of the molecule is Cc1ccc2[nH]ncc2c1-c1ccc(C=O)o1. The molecule has 3 rings (SSSR count). The van der Waals surface area contributed by atoms with E-state index < -0.39 is 0 Å². The summed E-state index contributed by atoms with van der Waals surface area (Å²) in [5.74, 6) is 1.02. The third-order valence-corrected chi connectivity index (χ3v) is 2.82. The molecule has 17 heavy (non-hydrogen) atoms. The Labute approximate surface area is 97.3 Å². The lowest BCUT2D eigenvalue weighted by Crippen LogP contribution is -1.82. The second-order valence-corrected chi connectivity index (χ2v) is 3.91. The van der Waals surface area contributed by atoms with Crippen LogP contribution < -0.4 is 0 Å². The van der Waals surface area contributed by atoms with Crippen LogP contribution in [0.25, 0.3) is 22.2 Å². The lowest BCUT2D eigenvalue weighted by Gasteiger charge is -2.03. The monoisotopic (exact) mass is 226 g/mol. The van der Waals surface area contributed by atoms with Crippen molar-refractivity contribution >= 4 is 17.2 Å². The molecule has 0 fully saturated rings. The van der Waals surface area contributed by atoms with Crippen molar-refractivity contribution in [2.75, 3.05) is 0 Å². The Morgan fingerprint density at radius 2 is 2.18 bits per heavy atom. The number of aryl methyl sites for hydroxylation is 1. The zero-order valence-electron chi connectivity index (χ0n) is 9.23. The minimum absolute atomic E-state index is 0.333. The van der Waals surface area contributed by atoms with E-state index in [0.717, 1.165) is 22.0 Å². The highest BCUT2D eigenvalue weighted by Crippen LogP contribution is 2.31. The van der Waals surface area contributed by atoms with Crippen LogP contribution in [0.15, 0.2) is 34.9 Å². The molecule has 3 aromatic rings. The highest BCUT2D eigenvalue weighted by Gasteiger charge is 2.12. The van der Waals surface area contributed by atoms with Gasteiger partial charge in [-0.25, -0.2) is 0 Å². The maximum Gasteiger partial charge on any atom is 0.185 e. The van der Waals surface area contributed by atoms with Gasteiger partial charge < -0.3 is 4.42 Å². The summed E-state index contributed by atoms with van der Waals surface area (Å²) in [6.45, 7) is 2.00. The average molecular weight is 226 g/mol. The van der Waals surface area contributed by atoms with Crippen LogP contribution in [0.2, 0.25) is 0 Å². The van der Waals surface area contributed by atoms with Gasteiger partial charge in [0.15, 0.2) is 12.0 Å². The van der Waals surface area contributed by atoms with Gasteiger partial charge in [-0.2, -0.15) is 5.10 Å². The second kappa shape index (κ2) is 3.59. The predicted molar refractivity (Wildman–Crippen MR) is 63.9 cm³/mol. The Kier molecular flexibility index (Phi) is 2.08. The van der Waals surface area contributed by atoms with Gasteiger partial charge in [-0.05, 0) is 30.7 Å². The maximum absolute atomic E-state index is 10.6. The van der Waals surface area contributed by atoms with Gasteiger partial charge in [-0.3, -0.25) is 9.89 Å². The molecule has 0 unspecified atom stereocenters. The molecule has 84 valence electrons. The summed E-state index contributed by atoms with van der Waals surface area (Å²) in [5.41, 5.74) is 3.02. The lowest BCUT2D eigenvalue weighted by atomic mass is 10.0. The van der Waals surface area contributed by atoms with Gasteiger partial charge in [0.25, 0.3) is 0 Å². The fourth-order valence-electron chi connectivity index (χ4n) is 2.00. The Bertz CT molecular complexity index is 694. The number of carbonyl (C=O) groups is 1. The van der Waals surface area contributed by atoms with E-state index in [1.807, 2.05) is 19.1 Å². The smallest absolute Gasteiger partial charge is 0.185 e. The summed E-state index contributed by atoms with van der Waals surface area (Å²) in [7, 11) is 0. The number of hydrogen-bond acceptors (Lipinski definition) is 3. The molecule has 2 aromatic heterocycles. The van der Waals surface area contributed by atoms with Crippen molar-refractivity contribution < 1.29 is 9.21 Å². The average Bonchev–Trinajstić information content (AvgIpc) is 2.96. The summed E-state index contributed by atoms with van der Waals surface area (Å²) in [5, 5.41) is 7.93. The van der Waals surface area contributed by atoms with Crippen molar-refractivity contribution in [1.82, 2.24) is 10.2 Å². The quantitative estimate of drug-likeness (QED) is 0.683. The first-order chi connectivity index (χ1) is 8.29. The number of carbonyl (C=O) groups excluding carboxylic acids is 1. The first-order valence-electron chi connectivity index (χ1n) is 5.27. The molecule has 0 saturated carbocycles. The highest BCUT2D eigenvalue weighted by atomic mass is 16.3. The Hall–Kier alpha value is -2.36. The molecule has 0 aliphatic carbocycles. The van der Waals surface area contributed by atoms with Crippen LogP contribution in [0.3, 0.4) is 0 Å². The number of furan rings is 1. The highest BCUT2D eigenvalue weighted by molar-refractivity contribution is 5.95. The third kappa shape index (κ3) is 1.45. The molecule has 4 heteroatoms. The molecular weight excluding hydrogens is 216 g/mol.